The largest absolute Gasteiger partial charge is 0.458 e. The van der Waals surface area contributed by atoms with Gasteiger partial charge in [-0.1, -0.05) is 13.8 Å². The second-order valence-electron chi connectivity index (χ2n) is 10.8. The van der Waals surface area contributed by atoms with Crippen LogP contribution >= 0.6 is 0 Å². The average molecular weight is 401 g/mol. The number of rotatable bonds is 1. The number of esters is 1. The van der Waals surface area contributed by atoms with Crippen molar-refractivity contribution in [3.05, 3.63) is 11.6 Å². The van der Waals surface area contributed by atoms with Crippen molar-refractivity contribution in [1.82, 2.24) is 0 Å². The summed E-state index contributed by atoms with van der Waals surface area (Å²) in [6.45, 7) is 4.69. The summed E-state index contributed by atoms with van der Waals surface area (Å²) in [5, 5.41) is 33.7. The minimum Gasteiger partial charge on any atom is -0.458 e. The Labute approximate surface area is 175 Å². The first-order chi connectivity index (χ1) is 13.2. The Hall–Kier alpha value is -0.845. The minimum atomic E-state index is -0.906. The topological polar surface area (TPSA) is 87.0 Å². The van der Waals surface area contributed by atoms with Crippen molar-refractivity contribution in [2.24, 2.45) is 34.5 Å². The van der Waals surface area contributed by atoms with Crippen LogP contribution in [0.2, 0.25) is 0 Å². The first kappa shape index (κ1) is 21.4. The lowest BCUT2D eigenvalue weighted by molar-refractivity contribution is -0.244. The molecule has 1 aliphatic heterocycles. The molecule has 0 amide bonds. The molecule has 0 aromatic rings. The molecule has 5 aliphatic rings. The number of hydrogen-bond donors (Lipinski definition) is 3. The molecule has 6 heteroatoms. The fraction of sp³-hybridized carbons (Fsp3) is 0.870. The molecule has 9 atom stereocenters. The molecule has 0 spiro atoms. The average Bonchev–Trinajstić information content (AvgIpc) is 3.19. The van der Waals surface area contributed by atoms with E-state index in [1.54, 1.807) is 6.08 Å². The number of fused-ring (bicyclic) bond motifs is 5. The number of aliphatic hydroxyl groups excluding tert-OH is 2. The summed E-state index contributed by atoms with van der Waals surface area (Å²) in [5.74, 6) is 0.657. The Morgan fingerprint density at radius 2 is 1.79 bits per heavy atom. The molecule has 1 heterocycles. The van der Waals surface area contributed by atoms with E-state index in [-0.39, 0.29) is 37.7 Å². The first-order valence-corrected chi connectivity index (χ1v) is 11.2. The standard InChI is InChI=1S/C23H34O5.B/c1-21-7-5-15(24)10-14(21)3-4-17-18(21)11-19(25)22(2)16(6-8-23(17,22)27)13-9-20(26)28-12-13;/h9,14-19,24-25,27H,3-8,10-12H2,1-2H3;/t14-,15+,16-,17?,18?,19-,21+,22+,23+;/m1./s1. The van der Waals surface area contributed by atoms with Crippen LogP contribution in [0.5, 0.6) is 0 Å². The minimum absolute atomic E-state index is 0. The molecule has 5 rings (SSSR count). The Bertz CT molecular complexity index is 724. The Morgan fingerprint density at radius 3 is 2.48 bits per heavy atom. The molecule has 3 N–H and O–H groups in total. The molecule has 5 nitrogen and oxygen atoms in total. The van der Waals surface area contributed by atoms with Crippen molar-refractivity contribution in [1.29, 1.82) is 0 Å². The molecule has 4 aliphatic carbocycles. The van der Waals surface area contributed by atoms with Crippen LogP contribution in [0, 0.1) is 34.5 Å². The quantitative estimate of drug-likeness (QED) is 0.463. The zero-order valence-corrected chi connectivity index (χ0v) is 17.6. The van der Waals surface area contributed by atoms with Crippen molar-refractivity contribution < 1.29 is 24.9 Å². The number of carbonyl (C=O) groups is 1. The smallest absolute Gasteiger partial charge is 0.331 e. The monoisotopic (exact) mass is 401 g/mol. The summed E-state index contributed by atoms with van der Waals surface area (Å²) in [5.41, 5.74) is -0.507. The lowest BCUT2D eigenvalue weighted by Gasteiger charge is -2.64. The van der Waals surface area contributed by atoms with E-state index in [4.69, 9.17) is 4.74 Å². The van der Waals surface area contributed by atoms with E-state index in [1.807, 2.05) is 6.92 Å². The Morgan fingerprint density at radius 1 is 1.03 bits per heavy atom. The SMILES string of the molecule is C[C@]12[C@H](O)CC3C(CC[C@@H]4C[C@@H](O)CC[C@]34C)[C@@]1(O)CC[C@@H]2C1=CC(=O)OC1.[B]. The fourth-order valence-electron chi connectivity index (χ4n) is 8.37. The van der Waals surface area contributed by atoms with Crippen LogP contribution in [0.1, 0.15) is 65.2 Å². The van der Waals surface area contributed by atoms with E-state index in [0.717, 1.165) is 44.1 Å². The highest BCUT2D eigenvalue weighted by Gasteiger charge is 2.70. The van der Waals surface area contributed by atoms with Gasteiger partial charge in [-0.25, -0.2) is 4.79 Å². The maximum atomic E-state index is 12.1. The number of carbonyl (C=O) groups excluding carboxylic acids is 1. The summed E-state index contributed by atoms with van der Waals surface area (Å²) in [6, 6.07) is 0. The maximum absolute atomic E-state index is 12.1. The van der Waals surface area contributed by atoms with Crippen molar-refractivity contribution in [2.75, 3.05) is 6.61 Å². The molecule has 159 valence electrons. The van der Waals surface area contributed by atoms with Gasteiger partial charge in [0.25, 0.3) is 0 Å². The Kier molecular flexibility index (Phi) is 5.04. The Balaban J connectivity index is 0.00000205. The normalized spacial score (nSPS) is 53.8. The predicted octanol–water partition coefficient (Wildman–Crippen LogP) is 2.19. The van der Waals surface area contributed by atoms with E-state index in [9.17, 15) is 20.1 Å². The molecule has 4 saturated carbocycles. The van der Waals surface area contributed by atoms with Gasteiger partial charge in [0.05, 0.1) is 17.8 Å². The summed E-state index contributed by atoms with van der Waals surface area (Å²) >= 11 is 0. The summed E-state index contributed by atoms with van der Waals surface area (Å²) in [6.07, 6.45) is 7.69. The second-order valence-corrected chi connectivity index (χ2v) is 10.8. The highest BCUT2D eigenvalue weighted by molar-refractivity contribution is 5.85. The van der Waals surface area contributed by atoms with Gasteiger partial charge in [0.1, 0.15) is 6.61 Å². The molecule has 29 heavy (non-hydrogen) atoms. The van der Waals surface area contributed by atoms with E-state index < -0.39 is 17.1 Å². The lowest BCUT2D eigenvalue weighted by atomic mass is 9.42. The summed E-state index contributed by atoms with van der Waals surface area (Å²) < 4.78 is 5.16. The van der Waals surface area contributed by atoms with Gasteiger partial charge in [-0.05, 0) is 86.0 Å². The van der Waals surface area contributed by atoms with Crippen molar-refractivity contribution in [3.8, 4) is 0 Å². The first-order valence-electron chi connectivity index (χ1n) is 11.2. The molecule has 0 aromatic carbocycles. The highest BCUT2D eigenvalue weighted by Crippen LogP contribution is 2.69. The van der Waals surface area contributed by atoms with Crippen LogP contribution < -0.4 is 0 Å². The van der Waals surface area contributed by atoms with E-state index in [1.165, 1.54) is 0 Å². The van der Waals surface area contributed by atoms with Crippen LogP contribution in [0.25, 0.3) is 0 Å². The van der Waals surface area contributed by atoms with Gasteiger partial charge in [-0.3, -0.25) is 0 Å². The third-order valence-electron chi connectivity index (χ3n) is 10.0. The van der Waals surface area contributed by atoms with E-state index in [0.29, 0.717) is 31.3 Å². The third-order valence-corrected chi connectivity index (χ3v) is 10.0. The van der Waals surface area contributed by atoms with Crippen LogP contribution in [0.15, 0.2) is 11.6 Å². The van der Waals surface area contributed by atoms with Crippen molar-refractivity contribution in [3.63, 3.8) is 0 Å². The van der Waals surface area contributed by atoms with Crippen LogP contribution in [-0.4, -0.2) is 54.1 Å². The van der Waals surface area contributed by atoms with E-state index >= 15 is 0 Å². The summed E-state index contributed by atoms with van der Waals surface area (Å²) in [4.78, 5) is 11.6. The van der Waals surface area contributed by atoms with Gasteiger partial charge in [0.2, 0.25) is 0 Å². The van der Waals surface area contributed by atoms with E-state index in [2.05, 4.69) is 6.92 Å². The third kappa shape index (κ3) is 2.67. The van der Waals surface area contributed by atoms with Gasteiger partial charge in [-0.15, -0.1) is 0 Å². The number of cyclic esters (lactones) is 1. The fourth-order valence-corrected chi connectivity index (χ4v) is 8.37. The van der Waals surface area contributed by atoms with Gasteiger partial charge >= 0.3 is 5.97 Å². The zero-order valence-electron chi connectivity index (χ0n) is 17.6. The molecular formula is C23H34BO5. The molecule has 0 saturated heterocycles. The zero-order chi connectivity index (χ0) is 19.9. The molecule has 2 unspecified atom stereocenters. The van der Waals surface area contributed by atoms with Crippen LogP contribution in [0.3, 0.4) is 0 Å². The van der Waals surface area contributed by atoms with Gasteiger partial charge in [0, 0.05) is 19.9 Å². The molecular weight excluding hydrogens is 367 g/mol. The predicted molar refractivity (Wildman–Crippen MR) is 109 cm³/mol. The number of aliphatic hydroxyl groups is 3. The second kappa shape index (κ2) is 6.83. The van der Waals surface area contributed by atoms with Gasteiger partial charge in [-0.2, -0.15) is 0 Å². The molecule has 4 fully saturated rings. The van der Waals surface area contributed by atoms with Crippen LogP contribution in [-0.2, 0) is 9.53 Å². The summed E-state index contributed by atoms with van der Waals surface area (Å²) in [7, 11) is 0. The number of ether oxygens (including phenoxy) is 1. The highest BCUT2D eigenvalue weighted by atomic mass is 16.5. The van der Waals surface area contributed by atoms with Crippen molar-refractivity contribution in [2.45, 2.75) is 83.0 Å². The van der Waals surface area contributed by atoms with Gasteiger partial charge in [0.15, 0.2) is 0 Å². The molecule has 0 bridgehead atoms. The lowest BCUT2D eigenvalue weighted by Crippen LogP contribution is -2.67. The van der Waals surface area contributed by atoms with Crippen molar-refractivity contribution >= 4 is 14.4 Å². The number of hydrogen-bond acceptors (Lipinski definition) is 5. The maximum Gasteiger partial charge on any atom is 0.331 e. The molecule has 3 radical (unpaired) electrons. The van der Waals surface area contributed by atoms with Crippen LogP contribution in [0.4, 0.5) is 0 Å². The molecule has 0 aromatic heterocycles. The van der Waals surface area contributed by atoms with Gasteiger partial charge < -0.3 is 20.1 Å².